The number of rotatable bonds is 11. The molecule has 3 aromatic carbocycles. The van der Waals surface area contributed by atoms with Gasteiger partial charge in [0.2, 0.25) is 0 Å². The first kappa shape index (κ1) is 30.9. The minimum atomic E-state index is 0.899. The van der Waals surface area contributed by atoms with E-state index >= 15 is 0 Å². The van der Waals surface area contributed by atoms with E-state index in [1.54, 1.807) is 0 Å². The monoisotopic (exact) mass is 563 g/mol. The van der Waals surface area contributed by atoms with Crippen LogP contribution in [0.3, 0.4) is 0 Å². The fourth-order valence-electron chi connectivity index (χ4n) is 5.19. The molecule has 0 bridgehead atoms. The van der Waals surface area contributed by atoms with Crippen molar-refractivity contribution in [1.29, 1.82) is 0 Å². The summed E-state index contributed by atoms with van der Waals surface area (Å²) in [5.41, 5.74) is 11.8. The Morgan fingerprint density at radius 1 is 0.703 bits per heavy atom. The summed E-state index contributed by atoms with van der Waals surface area (Å²) in [6, 6.07) is 22.6. The van der Waals surface area contributed by atoms with Crippen LogP contribution >= 0.6 is 15.9 Å². The van der Waals surface area contributed by atoms with Crippen molar-refractivity contribution in [2.24, 2.45) is 0 Å². The van der Waals surface area contributed by atoms with E-state index in [9.17, 15) is 0 Å². The lowest BCUT2D eigenvalue weighted by Crippen LogP contribution is -2.39. The zero-order valence-corrected chi connectivity index (χ0v) is 26.1. The zero-order valence-electron chi connectivity index (χ0n) is 24.5. The first-order chi connectivity index (χ1) is 17.5. The summed E-state index contributed by atoms with van der Waals surface area (Å²) in [6.07, 6.45) is 2.35. The Labute approximate surface area is 235 Å². The largest absolute Gasteiger partial charge is 0.367 e. The SMILES string of the molecule is C=C(c1ccc(C)cc1)N(CCCC[N+](C)(C)Cc1cc(C)cc(C)c1)Cc1cc(C)cc(C)c1.CBr. The van der Waals surface area contributed by atoms with Gasteiger partial charge in [0.15, 0.2) is 0 Å². The Hall–Kier alpha value is -2.36. The summed E-state index contributed by atoms with van der Waals surface area (Å²) in [7, 11) is 4.71. The van der Waals surface area contributed by atoms with Gasteiger partial charge in [-0.3, -0.25) is 0 Å². The fourth-order valence-corrected chi connectivity index (χ4v) is 5.19. The molecule has 0 saturated carbocycles. The molecule has 0 radical (unpaired) electrons. The van der Waals surface area contributed by atoms with Gasteiger partial charge in [0.05, 0.1) is 20.6 Å². The van der Waals surface area contributed by atoms with Gasteiger partial charge in [0, 0.05) is 24.4 Å². The van der Waals surface area contributed by atoms with Crippen molar-refractivity contribution in [3.05, 3.63) is 112 Å². The van der Waals surface area contributed by atoms with E-state index < -0.39 is 0 Å². The van der Waals surface area contributed by atoms with Crippen LogP contribution in [-0.4, -0.2) is 42.4 Å². The summed E-state index contributed by atoms with van der Waals surface area (Å²) in [4.78, 5) is 2.47. The quantitative estimate of drug-likeness (QED) is 0.128. The summed E-state index contributed by atoms with van der Waals surface area (Å²) >= 11 is 2.94. The molecule has 0 aromatic heterocycles. The molecule has 0 spiro atoms. The highest BCUT2D eigenvalue weighted by Gasteiger charge is 2.17. The van der Waals surface area contributed by atoms with Crippen molar-refractivity contribution in [2.45, 2.75) is 60.5 Å². The molecule has 3 rings (SSSR count). The number of nitrogens with zero attached hydrogens (tertiary/aromatic N) is 2. The number of hydrogen-bond acceptors (Lipinski definition) is 1. The third-order valence-electron chi connectivity index (χ3n) is 6.75. The lowest BCUT2D eigenvalue weighted by Gasteiger charge is -2.31. The average Bonchev–Trinajstić information content (AvgIpc) is 2.81. The van der Waals surface area contributed by atoms with Crippen molar-refractivity contribution in [3.63, 3.8) is 0 Å². The van der Waals surface area contributed by atoms with E-state index in [1.165, 1.54) is 57.5 Å². The standard InChI is InChI=1S/C33H45N2.CH3Br/c1-25-11-13-33(14-12-25)30(6)34(23-31-19-26(2)17-27(3)20-31)15-9-10-16-35(7,8)24-32-21-28(4)18-29(5)22-32;1-2/h11-14,17-22H,6,9-10,15-16,23-24H2,1-5,7-8H3;1H3/q+1;. The minimum absolute atomic E-state index is 0.899. The number of alkyl halides is 1. The van der Waals surface area contributed by atoms with E-state index in [0.717, 1.165) is 36.2 Å². The Morgan fingerprint density at radius 2 is 1.19 bits per heavy atom. The maximum Gasteiger partial charge on any atom is 0.104 e. The van der Waals surface area contributed by atoms with E-state index in [4.69, 9.17) is 0 Å². The third kappa shape index (κ3) is 10.5. The summed E-state index contributed by atoms with van der Waals surface area (Å²) in [5.74, 6) is 1.81. The molecule has 2 nitrogen and oxygen atoms in total. The zero-order chi connectivity index (χ0) is 27.6. The second-order valence-corrected chi connectivity index (χ2v) is 11.3. The van der Waals surface area contributed by atoms with Gasteiger partial charge in [-0.1, -0.05) is 111 Å². The fraction of sp³-hybridized carbons (Fsp3) is 0.412. The van der Waals surface area contributed by atoms with Gasteiger partial charge in [0.1, 0.15) is 6.54 Å². The smallest absolute Gasteiger partial charge is 0.104 e. The molecule has 0 unspecified atom stereocenters. The number of hydrogen-bond donors (Lipinski definition) is 0. The van der Waals surface area contributed by atoms with Crippen molar-refractivity contribution in [3.8, 4) is 0 Å². The van der Waals surface area contributed by atoms with Gasteiger partial charge in [-0.2, -0.15) is 0 Å². The molecule has 3 aromatic rings. The molecule has 0 fully saturated rings. The van der Waals surface area contributed by atoms with Crippen LogP contribution in [0.4, 0.5) is 0 Å². The van der Waals surface area contributed by atoms with Crippen molar-refractivity contribution >= 4 is 21.6 Å². The maximum atomic E-state index is 4.52. The molecule has 0 aliphatic rings. The van der Waals surface area contributed by atoms with Crippen LogP contribution in [-0.2, 0) is 13.1 Å². The highest BCUT2D eigenvalue weighted by molar-refractivity contribution is 9.08. The molecule has 37 heavy (non-hydrogen) atoms. The van der Waals surface area contributed by atoms with Crippen LogP contribution in [0.15, 0.2) is 67.2 Å². The van der Waals surface area contributed by atoms with Gasteiger partial charge in [-0.25, -0.2) is 0 Å². The molecular weight excluding hydrogens is 516 g/mol. The van der Waals surface area contributed by atoms with Crippen molar-refractivity contribution < 1.29 is 4.48 Å². The topological polar surface area (TPSA) is 3.24 Å². The Bertz CT molecular complexity index is 1100. The normalized spacial score (nSPS) is 11.1. The average molecular weight is 565 g/mol. The van der Waals surface area contributed by atoms with E-state index in [1.807, 2.05) is 5.83 Å². The van der Waals surface area contributed by atoms with Gasteiger partial charge >= 0.3 is 0 Å². The molecule has 200 valence electrons. The van der Waals surface area contributed by atoms with Gasteiger partial charge in [0.25, 0.3) is 0 Å². The molecule has 0 N–H and O–H groups in total. The first-order valence-corrected chi connectivity index (χ1v) is 14.9. The second kappa shape index (κ2) is 14.5. The van der Waals surface area contributed by atoms with E-state index in [-0.39, 0.29) is 0 Å². The van der Waals surface area contributed by atoms with Crippen LogP contribution in [0.2, 0.25) is 0 Å². The van der Waals surface area contributed by atoms with Crippen LogP contribution < -0.4 is 0 Å². The second-order valence-electron chi connectivity index (χ2n) is 11.3. The molecular formula is C34H48BrN2+. The Balaban J connectivity index is 0.00000235. The molecule has 0 saturated heterocycles. The molecule has 0 aliphatic carbocycles. The number of benzene rings is 3. The lowest BCUT2D eigenvalue weighted by molar-refractivity contribution is -0.903. The summed E-state index contributed by atoms with van der Waals surface area (Å²) in [5, 5.41) is 0. The molecule has 0 atom stereocenters. The molecule has 0 aliphatic heterocycles. The molecule has 3 heteroatoms. The Kier molecular flexibility index (Phi) is 12.1. The van der Waals surface area contributed by atoms with Gasteiger partial charge in [-0.15, -0.1) is 0 Å². The van der Waals surface area contributed by atoms with Crippen LogP contribution in [0, 0.1) is 34.6 Å². The predicted molar refractivity (Wildman–Crippen MR) is 167 cm³/mol. The maximum absolute atomic E-state index is 4.52. The van der Waals surface area contributed by atoms with Crippen molar-refractivity contribution in [1.82, 2.24) is 4.90 Å². The molecule has 0 amide bonds. The number of aryl methyl sites for hydroxylation is 5. The van der Waals surface area contributed by atoms with Crippen LogP contribution in [0.5, 0.6) is 0 Å². The minimum Gasteiger partial charge on any atom is -0.367 e. The van der Waals surface area contributed by atoms with Crippen molar-refractivity contribution in [2.75, 3.05) is 33.0 Å². The first-order valence-electron chi connectivity index (χ1n) is 13.4. The predicted octanol–water partition coefficient (Wildman–Crippen LogP) is 8.77. The van der Waals surface area contributed by atoms with Crippen LogP contribution in [0.25, 0.3) is 5.70 Å². The van der Waals surface area contributed by atoms with Crippen LogP contribution in [0.1, 0.15) is 57.3 Å². The number of quaternary nitrogens is 1. The number of unbranched alkanes of at least 4 members (excludes halogenated alkanes) is 1. The highest BCUT2D eigenvalue weighted by atomic mass is 79.9. The number of halogens is 1. The summed E-state index contributed by atoms with van der Waals surface area (Å²) in [6.45, 7) is 19.6. The van der Waals surface area contributed by atoms with E-state index in [0.29, 0.717) is 0 Å². The third-order valence-corrected chi connectivity index (χ3v) is 6.75. The molecule has 0 heterocycles. The highest BCUT2D eigenvalue weighted by Crippen LogP contribution is 2.23. The van der Waals surface area contributed by atoms with E-state index in [2.05, 4.69) is 137 Å². The lowest BCUT2D eigenvalue weighted by atomic mass is 10.0. The Morgan fingerprint density at radius 3 is 1.70 bits per heavy atom. The summed E-state index contributed by atoms with van der Waals surface area (Å²) < 4.78 is 1.01. The van der Waals surface area contributed by atoms with Gasteiger partial charge in [-0.05, 0) is 64.4 Å². The van der Waals surface area contributed by atoms with Gasteiger partial charge < -0.3 is 9.38 Å².